The van der Waals surface area contributed by atoms with Crippen molar-refractivity contribution in [3.63, 3.8) is 0 Å². The minimum Gasteiger partial charge on any atom is -0.487 e. The van der Waals surface area contributed by atoms with Crippen LogP contribution in [0.3, 0.4) is 0 Å². The highest BCUT2D eigenvalue weighted by atomic mass is 16.5. The highest BCUT2D eigenvalue weighted by molar-refractivity contribution is 6.02. The van der Waals surface area contributed by atoms with Gasteiger partial charge in [0, 0.05) is 12.1 Å². The summed E-state index contributed by atoms with van der Waals surface area (Å²) in [6, 6.07) is 9.62. The van der Waals surface area contributed by atoms with Crippen molar-refractivity contribution in [3.05, 3.63) is 47.3 Å². The van der Waals surface area contributed by atoms with Crippen LogP contribution in [-0.4, -0.2) is 20.7 Å². The van der Waals surface area contributed by atoms with Crippen LogP contribution in [-0.2, 0) is 13.2 Å². The molecule has 0 fully saturated rings. The highest BCUT2D eigenvalue weighted by Crippen LogP contribution is 2.21. The van der Waals surface area contributed by atoms with E-state index in [1.165, 1.54) is 0 Å². The number of aromatic nitrogens is 2. The maximum absolute atomic E-state index is 9.09. The molecule has 0 spiro atoms. The van der Waals surface area contributed by atoms with Gasteiger partial charge in [0.05, 0.1) is 17.1 Å². The predicted molar refractivity (Wildman–Crippen MR) is 82.0 cm³/mol. The second-order valence-corrected chi connectivity index (χ2v) is 4.78. The van der Waals surface area contributed by atoms with Crippen LogP contribution in [0.15, 0.2) is 35.5 Å². The third-order valence-corrected chi connectivity index (χ3v) is 3.31. The molecule has 1 heterocycles. The van der Waals surface area contributed by atoms with Crippen molar-refractivity contribution in [2.45, 2.75) is 40.3 Å². The fraction of sp³-hybridized carbons (Fsp3) is 0.375. The first kappa shape index (κ1) is 15.1. The van der Waals surface area contributed by atoms with Crippen LogP contribution in [0.1, 0.15) is 37.2 Å². The zero-order valence-corrected chi connectivity index (χ0v) is 12.7. The van der Waals surface area contributed by atoms with Crippen LogP contribution in [0.5, 0.6) is 5.75 Å². The molecule has 2 aromatic rings. The summed E-state index contributed by atoms with van der Waals surface area (Å²) >= 11 is 0. The summed E-state index contributed by atoms with van der Waals surface area (Å²) in [5.74, 6) is 0.716. The highest BCUT2D eigenvalue weighted by Gasteiger charge is 2.11. The van der Waals surface area contributed by atoms with E-state index in [-0.39, 0.29) is 0 Å². The first-order valence-corrected chi connectivity index (χ1v) is 7.16. The monoisotopic (exact) mass is 287 g/mol. The number of hydrogen-bond acceptors (Lipinski definition) is 4. The Morgan fingerprint density at radius 3 is 2.76 bits per heavy atom. The van der Waals surface area contributed by atoms with Crippen molar-refractivity contribution in [1.29, 1.82) is 0 Å². The van der Waals surface area contributed by atoms with Crippen molar-refractivity contribution in [3.8, 4) is 5.75 Å². The van der Waals surface area contributed by atoms with Gasteiger partial charge >= 0.3 is 0 Å². The third-order valence-electron chi connectivity index (χ3n) is 3.31. The Balaban J connectivity index is 2.20. The first-order chi connectivity index (χ1) is 10.2. The topological polar surface area (TPSA) is 59.6 Å². The Labute approximate surface area is 124 Å². The van der Waals surface area contributed by atoms with E-state index in [4.69, 9.17) is 9.94 Å². The summed E-state index contributed by atoms with van der Waals surface area (Å²) in [6.45, 7) is 7.22. The van der Waals surface area contributed by atoms with Gasteiger partial charge < -0.3 is 9.94 Å². The molecule has 0 amide bonds. The Morgan fingerprint density at radius 2 is 2.10 bits per heavy atom. The fourth-order valence-electron chi connectivity index (χ4n) is 2.29. The molecule has 1 aromatic heterocycles. The van der Waals surface area contributed by atoms with Gasteiger partial charge in [0.2, 0.25) is 0 Å². The second kappa shape index (κ2) is 6.92. The molecule has 0 bridgehead atoms. The zero-order chi connectivity index (χ0) is 15.2. The molecule has 21 heavy (non-hydrogen) atoms. The van der Waals surface area contributed by atoms with Crippen LogP contribution in [0.2, 0.25) is 0 Å². The molecule has 2 rings (SSSR count). The Kier molecular flexibility index (Phi) is 4.98. The minimum absolute atomic E-state index is 0.439. The van der Waals surface area contributed by atoms with Gasteiger partial charge in [-0.05, 0) is 38.5 Å². The number of aryl methyl sites for hydroxylation is 2. The van der Waals surface area contributed by atoms with Crippen LogP contribution < -0.4 is 4.74 Å². The first-order valence-electron chi connectivity index (χ1n) is 7.16. The molecule has 1 N–H and O–H groups in total. The van der Waals surface area contributed by atoms with E-state index in [0.717, 1.165) is 23.5 Å². The van der Waals surface area contributed by atoms with E-state index in [2.05, 4.69) is 17.2 Å². The minimum atomic E-state index is 0.439. The number of para-hydroxylation sites is 1. The average Bonchev–Trinajstić information content (AvgIpc) is 2.87. The molecule has 0 radical (unpaired) electrons. The van der Waals surface area contributed by atoms with Gasteiger partial charge in [-0.3, -0.25) is 4.68 Å². The molecular formula is C16H21N3O2. The third kappa shape index (κ3) is 3.42. The Bertz CT molecular complexity index is 632. The lowest BCUT2D eigenvalue weighted by Gasteiger charge is -2.12. The number of nitrogens with zero attached hydrogens (tertiary/aromatic N) is 3. The normalized spacial score (nSPS) is 11.7. The molecular weight excluding hydrogens is 266 g/mol. The predicted octanol–water partition coefficient (Wildman–Crippen LogP) is 3.38. The molecule has 0 unspecified atom stereocenters. The lowest BCUT2D eigenvalue weighted by atomic mass is 10.1. The molecule has 0 saturated heterocycles. The van der Waals surface area contributed by atoms with E-state index in [9.17, 15) is 0 Å². The van der Waals surface area contributed by atoms with Crippen LogP contribution in [0.4, 0.5) is 0 Å². The van der Waals surface area contributed by atoms with Gasteiger partial charge in [0.1, 0.15) is 12.4 Å². The average molecular weight is 287 g/mol. The lowest BCUT2D eigenvalue weighted by Crippen LogP contribution is -2.08. The Morgan fingerprint density at radius 1 is 1.33 bits per heavy atom. The summed E-state index contributed by atoms with van der Waals surface area (Å²) in [7, 11) is 0. The van der Waals surface area contributed by atoms with Crippen LogP contribution in [0.25, 0.3) is 0 Å². The summed E-state index contributed by atoms with van der Waals surface area (Å²) in [5, 5.41) is 16.8. The van der Waals surface area contributed by atoms with Gasteiger partial charge in [0.15, 0.2) is 0 Å². The van der Waals surface area contributed by atoms with Gasteiger partial charge in [-0.15, -0.1) is 0 Å². The van der Waals surface area contributed by atoms with E-state index in [0.29, 0.717) is 24.5 Å². The van der Waals surface area contributed by atoms with Gasteiger partial charge in [-0.1, -0.05) is 24.2 Å². The number of benzene rings is 1. The van der Waals surface area contributed by atoms with Gasteiger partial charge in [-0.2, -0.15) is 5.10 Å². The van der Waals surface area contributed by atoms with Crippen molar-refractivity contribution < 1.29 is 9.94 Å². The standard InChI is InChI=1S/C16H21N3O2/c1-4-15(18-20)14-8-6-7-9-16(14)21-11-13-10-12(3)17-19(13)5-2/h6-10,20H,4-5,11H2,1-3H3. The molecule has 5 nitrogen and oxygen atoms in total. The fourth-order valence-corrected chi connectivity index (χ4v) is 2.29. The van der Waals surface area contributed by atoms with Crippen LogP contribution in [0, 0.1) is 6.92 Å². The Hall–Kier alpha value is -2.30. The molecule has 0 saturated carbocycles. The van der Waals surface area contributed by atoms with Crippen molar-refractivity contribution >= 4 is 5.71 Å². The largest absolute Gasteiger partial charge is 0.487 e. The van der Waals surface area contributed by atoms with Crippen molar-refractivity contribution in [2.75, 3.05) is 0 Å². The second-order valence-electron chi connectivity index (χ2n) is 4.78. The maximum Gasteiger partial charge on any atom is 0.130 e. The van der Waals surface area contributed by atoms with Gasteiger partial charge in [0.25, 0.3) is 0 Å². The smallest absolute Gasteiger partial charge is 0.130 e. The number of oxime groups is 1. The summed E-state index contributed by atoms with van der Waals surface area (Å²) < 4.78 is 7.84. The molecule has 5 heteroatoms. The lowest BCUT2D eigenvalue weighted by molar-refractivity contribution is 0.290. The molecule has 112 valence electrons. The van der Waals surface area contributed by atoms with Crippen molar-refractivity contribution in [1.82, 2.24) is 9.78 Å². The SMILES string of the molecule is CCC(=NO)c1ccccc1OCc1cc(C)nn1CC. The van der Waals surface area contributed by atoms with Gasteiger partial charge in [-0.25, -0.2) is 0 Å². The van der Waals surface area contributed by atoms with E-state index >= 15 is 0 Å². The molecule has 1 aromatic carbocycles. The number of rotatable bonds is 6. The zero-order valence-electron chi connectivity index (χ0n) is 12.7. The number of hydrogen-bond donors (Lipinski definition) is 1. The summed E-state index contributed by atoms with van der Waals surface area (Å²) in [4.78, 5) is 0. The summed E-state index contributed by atoms with van der Waals surface area (Å²) in [6.07, 6.45) is 0.642. The number of ether oxygens (including phenoxy) is 1. The van der Waals surface area contributed by atoms with Crippen molar-refractivity contribution in [2.24, 2.45) is 5.16 Å². The summed E-state index contributed by atoms with van der Waals surface area (Å²) in [5.41, 5.74) is 3.45. The molecule has 0 atom stereocenters. The van der Waals surface area contributed by atoms with E-state index in [1.807, 2.05) is 48.9 Å². The molecule has 0 aliphatic carbocycles. The maximum atomic E-state index is 9.09. The van der Waals surface area contributed by atoms with E-state index in [1.54, 1.807) is 0 Å². The van der Waals surface area contributed by atoms with Crippen LogP contribution >= 0.6 is 0 Å². The van der Waals surface area contributed by atoms with E-state index < -0.39 is 0 Å². The molecule has 0 aliphatic heterocycles. The quantitative estimate of drug-likeness (QED) is 0.503. The molecule has 0 aliphatic rings.